The molecule has 31 heavy (non-hydrogen) atoms. The van der Waals surface area contributed by atoms with E-state index in [2.05, 4.69) is 5.32 Å². The molecule has 0 saturated carbocycles. The van der Waals surface area contributed by atoms with Crippen LogP contribution in [-0.4, -0.2) is 24.1 Å². The van der Waals surface area contributed by atoms with Crippen LogP contribution in [0.25, 0.3) is 6.08 Å². The smallest absolute Gasteiger partial charge is 0.352 e. The number of allylic oxidation sites excluding steroid dienone is 1. The topological polar surface area (TPSA) is 29.1 Å². The van der Waals surface area contributed by atoms with Gasteiger partial charge in [0.15, 0.2) is 0 Å². The van der Waals surface area contributed by atoms with E-state index >= 15 is 0 Å². The Kier molecular flexibility index (Phi) is 9.34. The van der Waals surface area contributed by atoms with Crippen LogP contribution in [0.15, 0.2) is 36.4 Å². The first-order chi connectivity index (χ1) is 14.5. The zero-order chi connectivity index (χ0) is 23.2. The molecule has 0 fully saturated rings. The van der Waals surface area contributed by atoms with Gasteiger partial charge in [-0.3, -0.25) is 4.79 Å². The van der Waals surface area contributed by atoms with Crippen molar-refractivity contribution in [2.75, 3.05) is 12.0 Å². The number of rotatable bonds is 8. The number of hydrogen-bond donors (Lipinski definition) is 1. The average molecular weight is 490 g/mol. The van der Waals surface area contributed by atoms with Crippen molar-refractivity contribution in [1.29, 1.82) is 0 Å². The van der Waals surface area contributed by atoms with Crippen LogP contribution < -0.4 is 5.32 Å². The monoisotopic (exact) mass is 489 g/mol. The summed E-state index contributed by atoms with van der Waals surface area (Å²) >= 11 is 14.0. The molecular weight excluding hydrogens is 466 g/mol. The van der Waals surface area contributed by atoms with Gasteiger partial charge < -0.3 is 5.32 Å². The van der Waals surface area contributed by atoms with Gasteiger partial charge in [0.1, 0.15) is 0 Å². The van der Waals surface area contributed by atoms with Gasteiger partial charge in [0.25, 0.3) is 0 Å². The Labute approximate surface area is 195 Å². The van der Waals surface area contributed by atoms with Crippen molar-refractivity contribution >= 4 is 46.9 Å². The highest BCUT2D eigenvalue weighted by Gasteiger charge is 2.39. The first-order valence-electron chi connectivity index (χ1n) is 9.58. The fourth-order valence-corrected chi connectivity index (χ4v) is 3.85. The van der Waals surface area contributed by atoms with Crippen LogP contribution in [0.1, 0.15) is 40.2 Å². The van der Waals surface area contributed by atoms with Crippen molar-refractivity contribution in [2.45, 2.75) is 38.9 Å². The number of aryl methyl sites for hydroxylation is 1. The molecule has 8 heteroatoms. The number of nitrogens with one attached hydrogen (secondary N) is 1. The largest absolute Gasteiger partial charge is 0.399 e. The Morgan fingerprint density at radius 3 is 2.45 bits per heavy atom. The molecule has 0 radical (unpaired) electrons. The molecule has 0 heterocycles. The SMILES string of the molecule is CSCCC(=O)NCc1ccc(/C=C/C(c2cc(C)c(C)c(Cl)c2)C(F)(F)F)cc1Cl. The third kappa shape index (κ3) is 7.48. The number of halogens is 5. The van der Waals surface area contributed by atoms with Crippen LogP contribution in [0.4, 0.5) is 13.2 Å². The average Bonchev–Trinajstić information content (AvgIpc) is 2.68. The number of carbonyl (C=O) groups is 1. The summed E-state index contributed by atoms with van der Waals surface area (Å²) in [6, 6.07) is 7.84. The molecule has 2 aromatic rings. The highest BCUT2D eigenvalue weighted by atomic mass is 35.5. The molecule has 168 valence electrons. The summed E-state index contributed by atoms with van der Waals surface area (Å²) in [5.41, 5.74) is 2.79. The van der Waals surface area contributed by atoms with Crippen molar-refractivity contribution < 1.29 is 18.0 Å². The van der Waals surface area contributed by atoms with Gasteiger partial charge in [0.05, 0.1) is 5.92 Å². The molecule has 1 amide bonds. The second-order valence-corrected chi connectivity index (χ2v) is 8.99. The van der Waals surface area contributed by atoms with E-state index in [1.54, 1.807) is 43.8 Å². The first kappa shape index (κ1) is 25.6. The van der Waals surface area contributed by atoms with Crippen molar-refractivity contribution in [1.82, 2.24) is 5.32 Å². The lowest BCUT2D eigenvalue weighted by atomic mass is 9.94. The molecule has 0 aromatic heterocycles. The number of alkyl halides is 3. The summed E-state index contributed by atoms with van der Waals surface area (Å²) in [7, 11) is 0. The maximum absolute atomic E-state index is 13.7. The van der Waals surface area contributed by atoms with Gasteiger partial charge in [-0.1, -0.05) is 53.6 Å². The van der Waals surface area contributed by atoms with E-state index in [0.717, 1.165) is 17.4 Å². The van der Waals surface area contributed by atoms with Gasteiger partial charge in [-0.2, -0.15) is 24.9 Å². The molecular formula is C23H24Cl2F3NOS. The predicted octanol–water partition coefficient (Wildman–Crippen LogP) is 7.34. The summed E-state index contributed by atoms with van der Waals surface area (Å²) in [6.45, 7) is 3.78. The summed E-state index contributed by atoms with van der Waals surface area (Å²) in [5, 5.41) is 3.47. The molecule has 2 aromatic carbocycles. The minimum atomic E-state index is -4.47. The van der Waals surface area contributed by atoms with Crippen LogP contribution in [0.2, 0.25) is 10.0 Å². The van der Waals surface area contributed by atoms with E-state index in [0.29, 0.717) is 33.2 Å². The first-order valence-corrected chi connectivity index (χ1v) is 11.7. The maximum Gasteiger partial charge on any atom is 0.399 e. The Balaban J connectivity index is 2.19. The standard InChI is InChI=1S/C23H24Cl2F3NOS/c1-14-10-18(12-20(24)15(14)2)19(23(26,27)28)7-5-16-4-6-17(21(25)11-16)13-29-22(30)8-9-31-3/h4-7,10-12,19H,8-9,13H2,1-3H3,(H,29,30)/b7-5+. The third-order valence-electron chi connectivity index (χ3n) is 4.91. The number of benzene rings is 2. The van der Waals surface area contributed by atoms with E-state index < -0.39 is 12.1 Å². The summed E-state index contributed by atoms with van der Waals surface area (Å²) in [5.74, 6) is -1.14. The molecule has 2 nitrogen and oxygen atoms in total. The number of carbonyl (C=O) groups excluding carboxylic acids is 1. The highest BCUT2D eigenvalue weighted by molar-refractivity contribution is 7.98. The Hall–Kier alpha value is -1.63. The van der Waals surface area contributed by atoms with Gasteiger partial charge in [0.2, 0.25) is 5.91 Å². The van der Waals surface area contributed by atoms with E-state index in [9.17, 15) is 18.0 Å². The predicted molar refractivity (Wildman–Crippen MR) is 125 cm³/mol. The minimum absolute atomic E-state index is 0.0746. The fraction of sp³-hybridized carbons (Fsp3) is 0.348. The van der Waals surface area contributed by atoms with E-state index in [-0.39, 0.29) is 18.0 Å². The molecule has 2 rings (SSSR count). The van der Waals surface area contributed by atoms with Crippen LogP contribution in [-0.2, 0) is 11.3 Å². The van der Waals surface area contributed by atoms with Gasteiger partial charge in [-0.25, -0.2) is 0 Å². The molecule has 0 bridgehead atoms. The molecule has 1 atom stereocenters. The Morgan fingerprint density at radius 1 is 1.16 bits per heavy atom. The molecule has 0 saturated heterocycles. The normalized spacial score (nSPS) is 12.9. The second kappa shape index (κ2) is 11.3. The summed E-state index contributed by atoms with van der Waals surface area (Å²) in [6.07, 6.45) is 0.380. The summed E-state index contributed by atoms with van der Waals surface area (Å²) in [4.78, 5) is 11.7. The molecule has 1 unspecified atom stereocenters. The zero-order valence-electron chi connectivity index (χ0n) is 17.4. The molecule has 1 N–H and O–H groups in total. The lowest BCUT2D eigenvalue weighted by molar-refractivity contribution is -0.139. The van der Waals surface area contributed by atoms with Crippen molar-refractivity contribution in [3.8, 4) is 0 Å². The van der Waals surface area contributed by atoms with Crippen molar-refractivity contribution in [3.63, 3.8) is 0 Å². The minimum Gasteiger partial charge on any atom is -0.352 e. The van der Waals surface area contributed by atoms with E-state index in [1.807, 2.05) is 6.26 Å². The summed E-state index contributed by atoms with van der Waals surface area (Å²) < 4.78 is 41.2. The Bertz CT molecular complexity index is 937. The van der Waals surface area contributed by atoms with Crippen LogP contribution in [0, 0.1) is 13.8 Å². The second-order valence-electron chi connectivity index (χ2n) is 7.19. The van der Waals surface area contributed by atoms with E-state index in [1.165, 1.54) is 18.2 Å². The third-order valence-corrected chi connectivity index (χ3v) is 6.26. The van der Waals surface area contributed by atoms with Crippen LogP contribution >= 0.6 is 35.0 Å². The number of thioether (sulfide) groups is 1. The number of amides is 1. The highest BCUT2D eigenvalue weighted by Crippen LogP contribution is 2.38. The van der Waals surface area contributed by atoms with Crippen molar-refractivity contribution in [2.24, 2.45) is 0 Å². The quantitative estimate of drug-likeness (QED) is 0.420. The lowest BCUT2D eigenvalue weighted by Crippen LogP contribution is -2.23. The van der Waals surface area contributed by atoms with Gasteiger partial charge in [-0.05, 0) is 60.1 Å². The van der Waals surface area contributed by atoms with Gasteiger partial charge in [-0.15, -0.1) is 0 Å². The maximum atomic E-state index is 13.7. The fourth-order valence-electron chi connectivity index (χ4n) is 2.93. The van der Waals surface area contributed by atoms with Gasteiger partial charge in [0, 0.05) is 28.8 Å². The van der Waals surface area contributed by atoms with Gasteiger partial charge >= 0.3 is 6.18 Å². The molecule has 0 aliphatic carbocycles. The molecule has 0 aliphatic rings. The molecule has 0 spiro atoms. The lowest BCUT2D eigenvalue weighted by Gasteiger charge is -2.19. The van der Waals surface area contributed by atoms with Crippen LogP contribution in [0.3, 0.4) is 0 Å². The number of hydrogen-bond acceptors (Lipinski definition) is 2. The zero-order valence-corrected chi connectivity index (χ0v) is 19.8. The van der Waals surface area contributed by atoms with E-state index in [4.69, 9.17) is 23.2 Å². The van der Waals surface area contributed by atoms with Crippen molar-refractivity contribution in [3.05, 3.63) is 74.3 Å². The van der Waals surface area contributed by atoms with Crippen LogP contribution in [0.5, 0.6) is 0 Å². The Morgan fingerprint density at radius 2 is 1.87 bits per heavy atom. The molecule has 0 aliphatic heterocycles.